The maximum Gasteiger partial charge on any atom is 0.352 e. The number of methoxy groups -OCH3 is 2. The Kier molecular flexibility index (Phi) is 3.42. The summed E-state index contributed by atoms with van der Waals surface area (Å²) in [5.41, 5.74) is 0.804. The lowest BCUT2D eigenvalue weighted by molar-refractivity contribution is -0.132. The minimum atomic E-state index is -1.06. The van der Waals surface area contributed by atoms with Gasteiger partial charge in [0.1, 0.15) is 29.6 Å². The molecular weight excluding hydrogens is 288 g/mol. The number of carbonyl (C=O) groups is 1. The minimum absolute atomic E-state index is 0.0448. The van der Waals surface area contributed by atoms with Crippen LogP contribution in [0.15, 0.2) is 36.3 Å². The smallest absolute Gasteiger partial charge is 0.352 e. The second-order valence-corrected chi connectivity index (χ2v) is 4.59. The Morgan fingerprint density at radius 2 is 2.18 bits per heavy atom. The number of aromatic nitrogens is 3. The highest BCUT2D eigenvalue weighted by molar-refractivity contribution is 5.90. The van der Waals surface area contributed by atoms with Crippen molar-refractivity contribution in [3.8, 4) is 11.5 Å². The molecule has 8 heteroatoms. The lowest BCUT2D eigenvalue weighted by Gasteiger charge is -2.24. The van der Waals surface area contributed by atoms with Gasteiger partial charge in [-0.1, -0.05) is 0 Å². The van der Waals surface area contributed by atoms with Crippen LogP contribution < -0.4 is 14.8 Å². The number of hydrogen-bond acceptors (Lipinski definition) is 6. The number of nitrogens with zero attached hydrogens (tertiary/aromatic N) is 3. The molecule has 0 bridgehead atoms. The molecule has 2 aromatic rings. The third-order valence-corrected chi connectivity index (χ3v) is 3.40. The molecule has 1 aliphatic rings. The van der Waals surface area contributed by atoms with Crippen LogP contribution in [0.4, 0.5) is 5.95 Å². The highest BCUT2D eigenvalue weighted by Gasteiger charge is 2.27. The molecule has 0 amide bonds. The topological polar surface area (TPSA) is 98.5 Å². The molecule has 1 aromatic carbocycles. The average Bonchev–Trinajstić information content (AvgIpc) is 3.01. The fourth-order valence-corrected chi connectivity index (χ4v) is 2.34. The molecule has 0 spiro atoms. The first-order valence-electron chi connectivity index (χ1n) is 6.47. The number of hydrogen-bond donors (Lipinski definition) is 2. The Morgan fingerprint density at radius 3 is 2.86 bits per heavy atom. The molecular formula is C14H14N4O4. The number of allylic oxidation sites excluding steroid dienone is 1. The summed E-state index contributed by atoms with van der Waals surface area (Å²) in [5, 5.41) is 16.1. The Labute approximate surface area is 126 Å². The molecule has 0 radical (unpaired) electrons. The molecule has 0 saturated heterocycles. The molecule has 0 fully saturated rings. The molecule has 1 atom stereocenters. The lowest BCUT2D eigenvalue weighted by Crippen LogP contribution is -2.24. The van der Waals surface area contributed by atoms with Crippen molar-refractivity contribution < 1.29 is 19.4 Å². The predicted octanol–water partition coefficient (Wildman–Crippen LogP) is 1.28. The Hall–Kier alpha value is -3.03. The van der Waals surface area contributed by atoms with Gasteiger partial charge in [0.25, 0.3) is 0 Å². The third-order valence-electron chi connectivity index (χ3n) is 3.40. The van der Waals surface area contributed by atoms with Gasteiger partial charge in [-0.2, -0.15) is 10.1 Å². The molecule has 1 unspecified atom stereocenters. The van der Waals surface area contributed by atoms with Crippen molar-refractivity contribution in [3.05, 3.63) is 41.9 Å². The third kappa shape index (κ3) is 2.24. The number of ether oxygens (including phenoxy) is 2. The molecule has 0 aliphatic carbocycles. The zero-order valence-electron chi connectivity index (χ0n) is 12.0. The number of benzene rings is 1. The molecule has 8 nitrogen and oxygen atoms in total. The monoisotopic (exact) mass is 302 g/mol. The summed E-state index contributed by atoms with van der Waals surface area (Å²) < 4.78 is 12.2. The largest absolute Gasteiger partial charge is 0.497 e. The molecule has 3 rings (SSSR count). The molecule has 114 valence electrons. The molecule has 2 heterocycles. The van der Waals surface area contributed by atoms with E-state index in [1.807, 2.05) is 6.07 Å². The van der Waals surface area contributed by atoms with E-state index in [1.54, 1.807) is 37.1 Å². The summed E-state index contributed by atoms with van der Waals surface area (Å²) in [4.78, 5) is 15.3. The van der Waals surface area contributed by atoms with Crippen LogP contribution in [-0.2, 0) is 4.79 Å². The van der Waals surface area contributed by atoms with Gasteiger partial charge < -0.3 is 19.9 Å². The highest BCUT2D eigenvalue weighted by atomic mass is 16.5. The second-order valence-electron chi connectivity index (χ2n) is 4.59. The number of rotatable bonds is 4. The summed E-state index contributed by atoms with van der Waals surface area (Å²) >= 11 is 0. The Balaban J connectivity index is 2.13. The van der Waals surface area contributed by atoms with Crippen molar-refractivity contribution in [2.45, 2.75) is 6.04 Å². The van der Waals surface area contributed by atoms with Crippen molar-refractivity contribution in [2.75, 3.05) is 19.5 Å². The maximum absolute atomic E-state index is 11.3. The first kappa shape index (κ1) is 13.9. The number of anilines is 1. The summed E-state index contributed by atoms with van der Waals surface area (Å²) in [5.74, 6) is 0.527. The first-order chi connectivity index (χ1) is 10.6. The van der Waals surface area contributed by atoms with Gasteiger partial charge in [0.15, 0.2) is 0 Å². The fraction of sp³-hybridized carbons (Fsp3) is 0.214. The maximum atomic E-state index is 11.3. The number of fused-ring (bicyclic) bond motifs is 1. The van der Waals surface area contributed by atoms with Gasteiger partial charge in [0, 0.05) is 11.6 Å². The van der Waals surface area contributed by atoms with E-state index >= 15 is 0 Å². The Morgan fingerprint density at radius 1 is 1.36 bits per heavy atom. The summed E-state index contributed by atoms with van der Waals surface area (Å²) in [6, 6.07) is 4.90. The molecule has 2 N–H and O–H groups in total. The van der Waals surface area contributed by atoms with Gasteiger partial charge in [-0.15, -0.1) is 0 Å². The molecule has 0 saturated carbocycles. The predicted molar refractivity (Wildman–Crippen MR) is 77.0 cm³/mol. The summed E-state index contributed by atoms with van der Waals surface area (Å²) in [6.45, 7) is 0. The summed E-state index contributed by atoms with van der Waals surface area (Å²) in [6.07, 6.45) is 2.93. The Bertz CT molecular complexity index is 753. The van der Waals surface area contributed by atoms with Crippen molar-refractivity contribution in [3.63, 3.8) is 0 Å². The first-order valence-corrected chi connectivity index (χ1v) is 6.47. The standard InChI is InChI=1S/C14H14N4O4/c1-21-8-3-4-9(12(5-8)22-2)11-6-10(13(19)20)17-14-15-7-16-18(11)14/h3-7,11H,1-2H3,(H,19,20)(H,15,16,17). The van der Waals surface area contributed by atoms with E-state index in [0.717, 1.165) is 5.56 Å². The number of aliphatic carboxylic acids is 1. The SMILES string of the molecule is COc1ccc(C2C=C(C(=O)O)Nc3ncnn32)c(OC)c1. The lowest BCUT2D eigenvalue weighted by atomic mass is 10.0. The van der Waals surface area contributed by atoms with Crippen LogP contribution in [0.5, 0.6) is 11.5 Å². The van der Waals surface area contributed by atoms with Crippen molar-refractivity contribution >= 4 is 11.9 Å². The van der Waals surface area contributed by atoms with Crippen molar-refractivity contribution in [1.29, 1.82) is 0 Å². The van der Waals surface area contributed by atoms with Gasteiger partial charge in [-0.05, 0) is 18.2 Å². The fourth-order valence-electron chi connectivity index (χ4n) is 2.34. The van der Waals surface area contributed by atoms with Crippen molar-refractivity contribution in [1.82, 2.24) is 14.8 Å². The van der Waals surface area contributed by atoms with Crippen LogP contribution in [0.25, 0.3) is 0 Å². The molecule has 22 heavy (non-hydrogen) atoms. The van der Waals surface area contributed by atoms with E-state index in [1.165, 1.54) is 6.33 Å². The minimum Gasteiger partial charge on any atom is -0.497 e. The van der Waals surface area contributed by atoms with Crippen LogP contribution >= 0.6 is 0 Å². The van der Waals surface area contributed by atoms with Crippen LogP contribution in [0, 0.1) is 0 Å². The van der Waals surface area contributed by atoms with E-state index in [4.69, 9.17) is 9.47 Å². The van der Waals surface area contributed by atoms with Gasteiger partial charge >= 0.3 is 5.97 Å². The zero-order valence-corrected chi connectivity index (χ0v) is 12.0. The zero-order chi connectivity index (χ0) is 15.7. The quantitative estimate of drug-likeness (QED) is 0.877. The van der Waals surface area contributed by atoms with Gasteiger partial charge in [-0.25, -0.2) is 9.48 Å². The van der Waals surface area contributed by atoms with E-state index in [0.29, 0.717) is 17.4 Å². The van der Waals surface area contributed by atoms with E-state index in [9.17, 15) is 9.90 Å². The average molecular weight is 302 g/mol. The normalized spacial score (nSPS) is 16.3. The van der Waals surface area contributed by atoms with E-state index in [2.05, 4.69) is 15.4 Å². The van der Waals surface area contributed by atoms with Crippen LogP contribution in [0.2, 0.25) is 0 Å². The van der Waals surface area contributed by atoms with E-state index in [-0.39, 0.29) is 5.70 Å². The van der Waals surface area contributed by atoms with Crippen molar-refractivity contribution in [2.24, 2.45) is 0 Å². The summed E-state index contributed by atoms with van der Waals surface area (Å²) in [7, 11) is 3.11. The number of carboxylic acid groups (broad SMARTS) is 1. The van der Waals surface area contributed by atoms with Crippen LogP contribution in [0.1, 0.15) is 11.6 Å². The van der Waals surface area contributed by atoms with Crippen LogP contribution in [-0.4, -0.2) is 40.1 Å². The number of nitrogens with one attached hydrogen (secondary N) is 1. The molecule has 1 aliphatic heterocycles. The number of carboxylic acids is 1. The van der Waals surface area contributed by atoms with Gasteiger partial charge in [0.2, 0.25) is 5.95 Å². The molecule has 1 aromatic heterocycles. The van der Waals surface area contributed by atoms with Gasteiger partial charge in [0.05, 0.1) is 14.2 Å². The highest BCUT2D eigenvalue weighted by Crippen LogP contribution is 2.35. The van der Waals surface area contributed by atoms with E-state index < -0.39 is 12.0 Å². The van der Waals surface area contributed by atoms with Gasteiger partial charge in [-0.3, -0.25) is 0 Å². The second kappa shape index (κ2) is 5.40. The van der Waals surface area contributed by atoms with Crippen LogP contribution in [0.3, 0.4) is 0 Å².